The first-order chi connectivity index (χ1) is 16.4. The minimum Gasteiger partial charge on any atom is -0.376 e. The number of piperazine rings is 1. The predicted octanol–water partition coefficient (Wildman–Crippen LogP) is 1.54. The van der Waals surface area contributed by atoms with Crippen molar-refractivity contribution in [1.82, 2.24) is 14.5 Å². The van der Waals surface area contributed by atoms with Crippen LogP contribution in [-0.4, -0.2) is 81.4 Å². The molecule has 0 radical (unpaired) electrons. The monoisotopic (exact) mass is 486 g/mol. The fourth-order valence-electron chi connectivity index (χ4n) is 4.14. The number of hydrogen-bond donors (Lipinski definition) is 2. The van der Waals surface area contributed by atoms with E-state index in [4.69, 9.17) is 4.74 Å². The van der Waals surface area contributed by atoms with Crippen molar-refractivity contribution >= 4 is 27.5 Å². The van der Waals surface area contributed by atoms with Gasteiger partial charge in [-0.3, -0.25) is 9.59 Å². The highest BCUT2D eigenvalue weighted by Crippen LogP contribution is 2.18. The van der Waals surface area contributed by atoms with E-state index in [0.29, 0.717) is 30.9 Å². The van der Waals surface area contributed by atoms with Gasteiger partial charge in [0.1, 0.15) is 0 Å². The zero-order chi connectivity index (χ0) is 24.0. The van der Waals surface area contributed by atoms with Crippen molar-refractivity contribution in [2.24, 2.45) is 0 Å². The summed E-state index contributed by atoms with van der Waals surface area (Å²) in [5.74, 6) is -0.364. The Hall–Kier alpha value is -2.95. The van der Waals surface area contributed by atoms with E-state index in [-0.39, 0.29) is 42.4 Å². The molecule has 2 saturated heterocycles. The molecular formula is C24H30N4O5S. The average Bonchev–Trinajstić information content (AvgIpc) is 3.40. The molecule has 0 aromatic heterocycles. The number of hydrogen-bond acceptors (Lipinski definition) is 6. The third-order valence-electron chi connectivity index (χ3n) is 6.09. The van der Waals surface area contributed by atoms with Gasteiger partial charge in [0, 0.05) is 45.0 Å². The lowest BCUT2D eigenvalue weighted by atomic mass is 10.1. The van der Waals surface area contributed by atoms with Crippen LogP contribution in [0, 0.1) is 0 Å². The van der Waals surface area contributed by atoms with Crippen molar-refractivity contribution in [3.8, 4) is 0 Å². The number of carbonyl (C=O) groups excluding carboxylic acids is 2. The van der Waals surface area contributed by atoms with Gasteiger partial charge in [-0.2, -0.15) is 4.31 Å². The Bertz CT molecular complexity index is 1100. The third-order valence-corrected chi connectivity index (χ3v) is 8.00. The number of rotatable bonds is 8. The molecule has 0 aliphatic carbocycles. The van der Waals surface area contributed by atoms with Crippen LogP contribution in [0.5, 0.6) is 0 Å². The summed E-state index contributed by atoms with van der Waals surface area (Å²) in [6, 6.07) is 15.4. The minimum atomic E-state index is -3.57. The lowest BCUT2D eigenvalue weighted by Gasteiger charge is -2.34. The molecule has 2 aromatic carbocycles. The Labute approximate surface area is 200 Å². The summed E-state index contributed by atoms with van der Waals surface area (Å²) in [6.07, 6.45) is 2.00. The number of benzene rings is 2. The maximum absolute atomic E-state index is 12.8. The van der Waals surface area contributed by atoms with Gasteiger partial charge < -0.3 is 20.3 Å². The summed E-state index contributed by atoms with van der Waals surface area (Å²) in [6.45, 7) is 2.32. The van der Waals surface area contributed by atoms with Crippen LogP contribution in [0.15, 0.2) is 59.5 Å². The number of anilines is 1. The number of nitrogens with one attached hydrogen (secondary N) is 2. The highest BCUT2D eigenvalue weighted by molar-refractivity contribution is 7.89. The zero-order valence-corrected chi connectivity index (χ0v) is 19.8. The van der Waals surface area contributed by atoms with Gasteiger partial charge in [-0.1, -0.05) is 30.3 Å². The Kier molecular flexibility index (Phi) is 7.81. The molecule has 0 saturated carbocycles. The largest absolute Gasteiger partial charge is 0.376 e. The van der Waals surface area contributed by atoms with Crippen molar-refractivity contribution in [1.29, 1.82) is 0 Å². The number of ether oxygens (including phenoxy) is 1. The minimum absolute atomic E-state index is 0.0153. The van der Waals surface area contributed by atoms with Crippen LogP contribution in [0.4, 0.5) is 5.69 Å². The van der Waals surface area contributed by atoms with Crippen LogP contribution < -0.4 is 10.6 Å². The first-order valence-corrected chi connectivity index (χ1v) is 12.9. The fourth-order valence-corrected chi connectivity index (χ4v) is 5.59. The normalized spacial score (nSPS) is 19.1. The van der Waals surface area contributed by atoms with Crippen LogP contribution in [0.1, 0.15) is 23.2 Å². The van der Waals surface area contributed by atoms with Crippen molar-refractivity contribution in [3.63, 3.8) is 0 Å². The molecule has 34 heavy (non-hydrogen) atoms. The molecule has 1 atom stereocenters. The van der Waals surface area contributed by atoms with Crippen molar-refractivity contribution < 1.29 is 22.7 Å². The van der Waals surface area contributed by atoms with Crippen LogP contribution in [-0.2, 0) is 19.6 Å². The number of amides is 2. The summed E-state index contributed by atoms with van der Waals surface area (Å²) < 4.78 is 32.5. The van der Waals surface area contributed by atoms with Gasteiger partial charge in [0.05, 0.1) is 23.1 Å². The first kappa shape index (κ1) is 24.2. The maximum atomic E-state index is 12.8. The molecule has 2 aromatic rings. The number of carbonyl (C=O) groups is 2. The van der Waals surface area contributed by atoms with E-state index in [2.05, 4.69) is 10.6 Å². The summed E-state index contributed by atoms with van der Waals surface area (Å²) in [5.41, 5.74) is 1.04. The van der Waals surface area contributed by atoms with Crippen LogP contribution >= 0.6 is 0 Å². The van der Waals surface area contributed by atoms with Gasteiger partial charge >= 0.3 is 0 Å². The van der Waals surface area contributed by atoms with Crippen molar-refractivity contribution in [2.75, 3.05) is 51.2 Å². The molecule has 2 fully saturated rings. The first-order valence-electron chi connectivity index (χ1n) is 11.5. The van der Waals surface area contributed by atoms with Gasteiger partial charge in [-0.05, 0) is 37.1 Å². The molecular weight excluding hydrogens is 456 g/mol. The quantitative estimate of drug-likeness (QED) is 0.586. The van der Waals surface area contributed by atoms with Crippen LogP contribution in [0.3, 0.4) is 0 Å². The second-order valence-corrected chi connectivity index (χ2v) is 10.3. The lowest BCUT2D eigenvalue weighted by Crippen LogP contribution is -2.51. The highest BCUT2D eigenvalue weighted by atomic mass is 32.2. The Morgan fingerprint density at radius 3 is 2.38 bits per heavy atom. The van der Waals surface area contributed by atoms with E-state index < -0.39 is 10.0 Å². The highest BCUT2D eigenvalue weighted by Gasteiger charge is 2.30. The second kappa shape index (κ2) is 11.0. The van der Waals surface area contributed by atoms with E-state index in [9.17, 15) is 18.0 Å². The molecule has 2 aliphatic heterocycles. The molecule has 2 heterocycles. The summed E-state index contributed by atoms with van der Waals surface area (Å²) >= 11 is 0. The van der Waals surface area contributed by atoms with E-state index in [1.807, 2.05) is 0 Å². The molecule has 0 bridgehead atoms. The molecule has 2 amide bonds. The van der Waals surface area contributed by atoms with Gasteiger partial charge in [0.2, 0.25) is 15.9 Å². The molecule has 0 spiro atoms. The van der Waals surface area contributed by atoms with Crippen LogP contribution in [0.25, 0.3) is 0 Å². The summed E-state index contributed by atoms with van der Waals surface area (Å²) in [4.78, 5) is 27.3. The summed E-state index contributed by atoms with van der Waals surface area (Å²) in [7, 11) is -3.57. The molecule has 2 N–H and O–H groups in total. The van der Waals surface area contributed by atoms with Gasteiger partial charge in [0.25, 0.3) is 5.91 Å². The number of para-hydroxylation sites is 1. The van der Waals surface area contributed by atoms with E-state index in [1.54, 1.807) is 59.5 Å². The SMILES string of the molecule is O=C(NCC1CCCO1)c1ccccc1NCC(=O)N1CCN(S(=O)(=O)c2ccccc2)CC1. The second-order valence-electron chi connectivity index (χ2n) is 8.34. The molecule has 9 nitrogen and oxygen atoms in total. The molecule has 1 unspecified atom stereocenters. The number of sulfonamides is 1. The Morgan fingerprint density at radius 2 is 1.68 bits per heavy atom. The standard InChI is InChI=1S/C24H30N4O5S/c29-23(27-12-14-28(15-13-27)34(31,32)20-8-2-1-3-9-20)18-25-22-11-5-4-10-21(22)24(30)26-17-19-7-6-16-33-19/h1-5,8-11,19,25H,6-7,12-18H2,(H,26,30). The van der Waals surface area contributed by atoms with Crippen LogP contribution in [0.2, 0.25) is 0 Å². The zero-order valence-electron chi connectivity index (χ0n) is 19.0. The Morgan fingerprint density at radius 1 is 0.971 bits per heavy atom. The van der Waals surface area contributed by atoms with E-state index in [1.165, 1.54) is 4.31 Å². The van der Waals surface area contributed by atoms with Gasteiger partial charge in [0.15, 0.2) is 0 Å². The predicted molar refractivity (Wildman–Crippen MR) is 128 cm³/mol. The number of nitrogens with zero attached hydrogens (tertiary/aromatic N) is 2. The smallest absolute Gasteiger partial charge is 0.253 e. The van der Waals surface area contributed by atoms with Gasteiger partial charge in [-0.25, -0.2) is 8.42 Å². The van der Waals surface area contributed by atoms with Crippen molar-refractivity contribution in [2.45, 2.75) is 23.8 Å². The van der Waals surface area contributed by atoms with Gasteiger partial charge in [-0.15, -0.1) is 0 Å². The maximum Gasteiger partial charge on any atom is 0.253 e. The Balaban J connectivity index is 1.29. The molecule has 10 heteroatoms. The van der Waals surface area contributed by atoms with E-state index in [0.717, 1.165) is 19.4 Å². The fraction of sp³-hybridized carbons (Fsp3) is 0.417. The average molecular weight is 487 g/mol. The molecule has 182 valence electrons. The van der Waals surface area contributed by atoms with Crippen molar-refractivity contribution in [3.05, 3.63) is 60.2 Å². The third kappa shape index (κ3) is 5.75. The molecule has 2 aliphatic rings. The lowest BCUT2D eigenvalue weighted by molar-refractivity contribution is -0.130. The topological polar surface area (TPSA) is 108 Å². The van der Waals surface area contributed by atoms with E-state index >= 15 is 0 Å². The molecule has 4 rings (SSSR count). The summed E-state index contributed by atoms with van der Waals surface area (Å²) in [5, 5.41) is 5.97.